The minimum absolute atomic E-state index is 0.0223. The Balaban J connectivity index is 3.16. The van der Waals surface area contributed by atoms with Gasteiger partial charge in [-0.05, 0) is 13.3 Å². The number of hydrogen-bond donors (Lipinski definition) is 1. The lowest BCUT2D eigenvalue weighted by molar-refractivity contribution is -0.384. The molecule has 0 spiro atoms. The van der Waals surface area contributed by atoms with E-state index in [1.807, 2.05) is 13.8 Å². The summed E-state index contributed by atoms with van der Waals surface area (Å²) in [6.45, 7) is 4.98. The first-order valence-corrected chi connectivity index (χ1v) is 6.82. The van der Waals surface area contributed by atoms with E-state index in [0.29, 0.717) is 13.1 Å². The molecule has 1 aromatic rings. The number of anilines is 1. The number of carbonyl (C=O) groups excluding carboxylic acids is 1. The average molecular weight is 300 g/mol. The van der Waals surface area contributed by atoms with E-state index < -0.39 is 4.92 Å². The smallest absolute Gasteiger partial charge is 0.271 e. The van der Waals surface area contributed by atoms with Crippen LogP contribution in [0.5, 0.6) is 0 Å². The molecule has 1 amide bonds. The highest BCUT2D eigenvalue weighted by molar-refractivity contribution is 6.34. The highest BCUT2D eigenvalue weighted by atomic mass is 35.5. The number of non-ortho nitro benzene ring substituents is 1. The number of halogens is 1. The molecule has 0 saturated heterocycles. The van der Waals surface area contributed by atoms with Gasteiger partial charge in [0, 0.05) is 25.2 Å². The number of rotatable bonds is 6. The summed E-state index contributed by atoms with van der Waals surface area (Å²) < 4.78 is 0. The van der Waals surface area contributed by atoms with E-state index >= 15 is 0 Å². The number of hydrogen-bond acceptors (Lipinski definition) is 4. The fourth-order valence-electron chi connectivity index (χ4n) is 1.81. The largest absolute Gasteiger partial charge is 0.397 e. The summed E-state index contributed by atoms with van der Waals surface area (Å²) in [5.41, 5.74) is 5.70. The van der Waals surface area contributed by atoms with Gasteiger partial charge in [0.25, 0.3) is 11.6 Å². The van der Waals surface area contributed by atoms with Crippen LogP contribution in [0.3, 0.4) is 0 Å². The molecule has 0 aliphatic heterocycles. The van der Waals surface area contributed by atoms with Gasteiger partial charge in [0.05, 0.1) is 21.2 Å². The summed E-state index contributed by atoms with van der Waals surface area (Å²) >= 11 is 5.86. The van der Waals surface area contributed by atoms with Crippen molar-refractivity contribution in [2.75, 3.05) is 18.8 Å². The number of amides is 1. The minimum atomic E-state index is -0.593. The molecule has 110 valence electrons. The Bertz CT molecular complexity index is 520. The Morgan fingerprint density at radius 2 is 2.10 bits per heavy atom. The maximum absolute atomic E-state index is 12.4. The quantitative estimate of drug-likeness (QED) is 0.496. The van der Waals surface area contributed by atoms with Crippen molar-refractivity contribution in [1.29, 1.82) is 0 Å². The molecule has 7 heteroatoms. The summed E-state index contributed by atoms with van der Waals surface area (Å²) in [5, 5.41) is 10.9. The van der Waals surface area contributed by atoms with Gasteiger partial charge >= 0.3 is 0 Å². The molecule has 0 heterocycles. The molecule has 0 aliphatic rings. The predicted octanol–water partition coefficient (Wildman–Crippen LogP) is 3.09. The molecule has 1 aromatic carbocycles. The SMILES string of the molecule is CCCCN(CC)C(=O)c1cc([N+](=O)[O-])cc(Cl)c1N. The van der Waals surface area contributed by atoms with Crippen LogP contribution in [0.25, 0.3) is 0 Å². The standard InChI is InChI=1S/C13H18ClN3O3/c1-3-5-6-16(4-2)13(18)10-7-9(17(19)20)8-11(14)12(10)15/h7-8H,3-6,15H2,1-2H3. The number of benzene rings is 1. The van der Waals surface area contributed by atoms with E-state index in [1.54, 1.807) is 4.90 Å². The van der Waals surface area contributed by atoms with Gasteiger partial charge in [-0.25, -0.2) is 0 Å². The molecule has 0 bridgehead atoms. The van der Waals surface area contributed by atoms with Crippen LogP contribution in [0.4, 0.5) is 11.4 Å². The fourth-order valence-corrected chi connectivity index (χ4v) is 2.02. The number of carbonyl (C=O) groups is 1. The maximum Gasteiger partial charge on any atom is 0.271 e. The Kier molecular flexibility index (Phi) is 5.76. The third-order valence-corrected chi connectivity index (χ3v) is 3.32. The first-order valence-electron chi connectivity index (χ1n) is 6.45. The van der Waals surface area contributed by atoms with Crippen molar-refractivity contribution >= 4 is 28.9 Å². The normalized spacial score (nSPS) is 10.3. The van der Waals surface area contributed by atoms with Gasteiger partial charge in [-0.2, -0.15) is 0 Å². The second-order valence-electron chi connectivity index (χ2n) is 4.38. The summed E-state index contributed by atoms with van der Waals surface area (Å²) in [7, 11) is 0. The molecule has 20 heavy (non-hydrogen) atoms. The number of nitrogen functional groups attached to an aromatic ring is 1. The summed E-state index contributed by atoms with van der Waals surface area (Å²) in [5.74, 6) is -0.330. The average Bonchev–Trinajstić information content (AvgIpc) is 2.42. The molecule has 0 aromatic heterocycles. The maximum atomic E-state index is 12.4. The topological polar surface area (TPSA) is 89.5 Å². The molecular weight excluding hydrogens is 282 g/mol. The second-order valence-corrected chi connectivity index (χ2v) is 4.79. The van der Waals surface area contributed by atoms with E-state index in [4.69, 9.17) is 17.3 Å². The third kappa shape index (κ3) is 3.60. The molecule has 0 unspecified atom stereocenters. The highest BCUT2D eigenvalue weighted by Crippen LogP contribution is 2.29. The van der Waals surface area contributed by atoms with Gasteiger partial charge in [0.1, 0.15) is 0 Å². The van der Waals surface area contributed by atoms with Crippen LogP contribution in [0, 0.1) is 10.1 Å². The molecule has 2 N–H and O–H groups in total. The van der Waals surface area contributed by atoms with E-state index in [1.165, 1.54) is 6.07 Å². The van der Waals surface area contributed by atoms with Crippen LogP contribution in [0.15, 0.2) is 12.1 Å². The zero-order valence-corrected chi connectivity index (χ0v) is 12.3. The lowest BCUT2D eigenvalue weighted by Gasteiger charge is -2.21. The second kappa shape index (κ2) is 7.09. The molecule has 0 fully saturated rings. The molecule has 1 rings (SSSR count). The van der Waals surface area contributed by atoms with Crippen LogP contribution >= 0.6 is 11.6 Å². The van der Waals surface area contributed by atoms with Crippen molar-refractivity contribution in [2.24, 2.45) is 0 Å². The zero-order valence-electron chi connectivity index (χ0n) is 11.6. The monoisotopic (exact) mass is 299 g/mol. The highest BCUT2D eigenvalue weighted by Gasteiger charge is 2.22. The van der Waals surface area contributed by atoms with Crippen LogP contribution in [0.1, 0.15) is 37.0 Å². The first-order chi connectivity index (χ1) is 9.42. The van der Waals surface area contributed by atoms with Crippen molar-refractivity contribution in [3.8, 4) is 0 Å². The Labute approximate surface area is 122 Å². The lowest BCUT2D eigenvalue weighted by atomic mass is 10.1. The molecular formula is C13H18ClN3O3. The van der Waals surface area contributed by atoms with Crippen LogP contribution in [0.2, 0.25) is 5.02 Å². The lowest BCUT2D eigenvalue weighted by Crippen LogP contribution is -2.32. The van der Waals surface area contributed by atoms with Crippen molar-refractivity contribution < 1.29 is 9.72 Å². The van der Waals surface area contributed by atoms with Gasteiger partial charge in [-0.3, -0.25) is 14.9 Å². The predicted molar refractivity (Wildman–Crippen MR) is 79.0 cm³/mol. The van der Waals surface area contributed by atoms with Gasteiger partial charge < -0.3 is 10.6 Å². The van der Waals surface area contributed by atoms with E-state index in [2.05, 4.69) is 0 Å². The third-order valence-electron chi connectivity index (χ3n) is 3.01. The van der Waals surface area contributed by atoms with Crippen molar-refractivity contribution in [3.63, 3.8) is 0 Å². The minimum Gasteiger partial charge on any atom is -0.397 e. The summed E-state index contributed by atoms with van der Waals surface area (Å²) in [4.78, 5) is 24.2. The Morgan fingerprint density at radius 1 is 1.45 bits per heavy atom. The summed E-state index contributed by atoms with van der Waals surface area (Å²) in [6.07, 6.45) is 1.82. The van der Waals surface area contributed by atoms with Gasteiger partial charge in [-0.1, -0.05) is 24.9 Å². The number of nitro groups is 1. The molecule has 0 saturated carbocycles. The Hall–Kier alpha value is -1.82. The number of nitrogens with zero attached hydrogens (tertiary/aromatic N) is 2. The summed E-state index contributed by atoms with van der Waals surface area (Å²) in [6, 6.07) is 2.33. The van der Waals surface area contributed by atoms with Crippen LogP contribution in [-0.2, 0) is 0 Å². The van der Waals surface area contributed by atoms with E-state index in [-0.39, 0.29) is 27.9 Å². The van der Waals surface area contributed by atoms with Crippen molar-refractivity contribution in [2.45, 2.75) is 26.7 Å². The molecule has 6 nitrogen and oxygen atoms in total. The van der Waals surface area contributed by atoms with Gasteiger partial charge in [0.2, 0.25) is 0 Å². The molecule has 0 aliphatic carbocycles. The number of nitrogens with two attached hydrogens (primary N) is 1. The van der Waals surface area contributed by atoms with Gasteiger partial charge in [-0.15, -0.1) is 0 Å². The number of unbranched alkanes of at least 4 members (excludes halogenated alkanes) is 1. The van der Waals surface area contributed by atoms with E-state index in [9.17, 15) is 14.9 Å². The van der Waals surface area contributed by atoms with Gasteiger partial charge in [0.15, 0.2) is 0 Å². The van der Waals surface area contributed by atoms with Crippen LogP contribution in [-0.4, -0.2) is 28.8 Å². The van der Waals surface area contributed by atoms with Crippen molar-refractivity contribution in [1.82, 2.24) is 4.90 Å². The number of nitro benzene ring substituents is 1. The molecule has 0 atom stereocenters. The molecule has 0 radical (unpaired) electrons. The van der Waals surface area contributed by atoms with E-state index in [0.717, 1.165) is 18.9 Å². The van der Waals surface area contributed by atoms with Crippen LogP contribution < -0.4 is 5.73 Å². The zero-order chi connectivity index (χ0) is 15.3. The van der Waals surface area contributed by atoms with Crippen molar-refractivity contribution in [3.05, 3.63) is 32.8 Å². The fraction of sp³-hybridized carbons (Fsp3) is 0.462. The Morgan fingerprint density at radius 3 is 2.60 bits per heavy atom. The first kappa shape index (κ1) is 16.2.